The molecule has 0 spiro atoms. The largest absolute Gasteiger partial charge is 0.462 e. The summed E-state index contributed by atoms with van der Waals surface area (Å²) in [5.74, 6) is -0.927. The third kappa shape index (κ3) is 40.3. The Labute approximate surface area is 332 Å². The fourth-order valence-electron chi connectivity index (χ4n) is 5.88. The Morgan fingerprint density at radius 3 is 1.19 bits per heavy atom. The molecule has 0 aromatic carbocycles. The molecule has 1 unspecified atom stereocenters. The van der Waals surface area contributed by atoms with Gasteiger partial charge >= 0.3 is 17.9 Å². The number of carbonyl (C=O) groups excluding carboxylic acids is 3. The highest BCUT2D eigenvalue weighted by Crippen LogP contribution is 2.13. The first kappa shape index (κ1) is 51.1. The molecular weight excluding hydrogens is 673 g/mol. The van der Waals surface area contributed by atoms with Gasteiger partial charge in [-0.05, 0) is 77.0 Å². The van der Waals surface area contributed by atoms with Gasteiger partial charge in [-0.1, -0.05) is 171 Å². The van der Waals surface area contributed by atoms with E-state index in [9.17, 15) is 14.4 Å². The molecule has 0 aromatic rings. The van der Waals surface area contributed by atoms with E-state index in [1.807, 2.05) is 0 Å². The van der Waals surface area contributed by atoms with Crippen LogP contribution in [0.2, 0.25) is 0 Å². The number of esters is 3. The molecule has 0 aromatic heterocycles. The third-order valence-electron chi connectivity index (χ3n) is 9.26. The van der Waals surface area contributed by atoms with Gasteiger partial charge in [0.2, 0.25) is 0 Å². The van der Waals surface area contributed by atoms with Gasteiger partial charge in [-0.3, -0.25) is 14.4 Å². The average Bonchev–Trinajstić information content (AvgIpc) is 3.17. The van der Waals surface area contributed by atoms with Crippen molar-refractivity contribution in [2.45, 2.75) is 213 Å². The van der Waals surface area contributed by atoms with Gasteiger partial charge < -0.3 is 14.2 Å². The van der Waals surface area contributed by atoms with Crippen LogP contribution < -0.4 is 0 Å². The average molecular weight is 755 g/mol. The summed E-state index contributed by atoms with van der Waals surface area (Å²) < 4.78 is 16.6. The van der Waals surface area contributed by atoms with Crippen molar-refractivity contribution in [2.24, 2.45) is 0 Å². The van der Waals surface area contributed by atoms with Crippen LogP contribution in [0.5, 0.6) is 0 Å². The fourth-order valence-corrected chi connectivity index (χ4v) is 5.88. The Hall–Kier alpha value is -2.89. The molecular formula is C48H82O6. The van der Waals surface area contributed by atoms with Crippen LogP contribution in [0.25, 0.3) is 0 Å². The zero-order valence-electron chi connectivity index (χ0n) is 35.2. The van der Waals surface area contributed by atoms with Gasteiger partial charge in [0.25, 0.3) is 0 Å². The maximum absolute atomic E-state index is 12.7. The van der Waals surface area contributed by atoms with Crippen LogP contribution in [0.1, 0.15) is 207 Å². The number of rotatable bonds is 39. The van der Waals surface area contributed by atoms with Gasteiger partial charge in [0.1, 0.15) is 13.2 Å². The number of unbranched alkanes of at least 4 members (excludes halogenated alkanes) is 18. The second kappa shape index (κ2) is 42.8. The van der Waals surface area contributed by atoms with Crippen molar-refractivity contribution in [1.29, 1.82) is 0 Å². The van der Waals surface area contributed by atoms with Crippen molar-refractivity contribution in [1.82, 2.24) is 0 Å². The molecule has 310 valence electrons. The van der Waals surface area contributed by atoms with Crippen LogP contribution in [0.3, 0.4) is 0 Å². The lowest BCUT2D eigenvalue weighted by Gasteiger charge is -2.18. The van der Waals surface area contributed by atoms with E-state index in [2.05, 4.69) is 81.5 Å². The summed E-state index contributed by atoms with van der Waals surface area (Å²) in [6, 6.07) is 0. The first-order valence-electron chi connectivity index (χ1n) is 22.3. The first-order valence-corrected chi connectivity index (χ1v) is 22.3. The smallest absolute Gasteiger partial charge is 0.306 e. The molecule has 54 heavy (non-hydrogen) atoms. The van der Waals surface area contributed by atoms with Crippen molar-refractivity contribution < 1.29 is 28.6 Å². The Morgan fingerprint density at radius 1 is 0.389 bits per heavy atom. The summed E-state index contributed by atoms with van der Waals surface area (Å²) in [6.07, 6.45) is 50.9. The van der Waals surface area contributed by atoms with Crippen molar-refractivity contribution in [2.75, 3.05) is 13.2 Å². The molecule has 6 heteroatoms. The minimum absolute atomic E-state index is 0.0847. The number of carbonyl (C=O) groups is 3. The molecule has 0 N–H and O–H groups in total. The molecule has 0 aliphatic rings. The molecule has 0 radical (unpaired) electrons. The summed E-state index contributed by atoms with van der Waals surface area (Å²) in [5, 5.41) is 0. The van der Waals surface area contributed by atoms with Crippen LogP contribution in [0.15, 0.2) is 60.8 Å². The lowest BCUT2D eigenvalue weighted by Crippen LogP contribution is -2.30. The van der Waals surface area contributed by atoms with E-state index >= 15 is 0 Å². The summed E-state index contributed by atoms with van der Waals surface area (Å²) in [5.41, 5.74) is 0. The van der Waals surface area contributed by atoms with Crippen molar-refractivity contribution >= 4 is 17.9 Å². The van der Waals surface area contributed by atoms with E-state index in [1.165, 1.54) is 51.4 Å². The lowest BCUT2D eigenvalue weighted by molar-refractivity contribution is -0.167. The molecule has 0 aliphatic heterocycles. The maximum Gasteiger partial charge on any atom is 0.306 e. The van der Waals surface area contributed by atoms with E-state index in [-0.39, 0.29) is 31.1 Å². The second-order valence-electron chi connectivity index (χ2n) is 14.6. The predicted molar refractivity (Wildman–Crippen MR) is 228 cm³/mol. The molecule has 0 rings (SSSR count). The minimum atomic E-state index is -0.780. The van der Waals surface area contributed by atoms with Crippen molar-refractivity contribution in [3.05, 3.63) is 60.8 Å². The summed E-state index contributed by atoms with van der Waals surface area (Å²) in [4.78, 5) is 37.5. The second-order valence-corrected chi connectivity index (χ2v) is 14.6. The molecule has 0 saturated heterocycles. The van der Waals surface area contributed by atoms with Gasteiger partial charge in [-0.2, -0.15) is 0 Å². The zero-order valence-corrected chi connectivity index (χ0v) is 35.2. The number of hydrogen-bond donors (Lipinski definition) is 0. The number of allylic oxidation sites excluding steroid dienone is 10. The molecule has 1 atom stereocenters. The Morgan fingerprint density at radius 2 is 0.741 bits per heavy atom. The van der Waals surface area contributed by atoms with Crippen LogP contribution >= 0.6 is 0 Å². The highest BCUT2D eigenvalue weighted by Gasteiger charge is 2.19. The Kier molecular flexibility index (Phi) is 40.6. The molecule has 0 bridgehead atoms. The maximum atomic E-state index is 12.7. The topological polar surface area (TPSA) is 78.9 Å². The summed E-state index contributed by atoms with van der Waals surface area (Å²) in [6.45, 7) is 6.36. The van der Waals surface area contributed by atoms with E-state index in [4.69, 9.17) is 14.2 Å². The van der Waals surface area contributed by atoms with Gasteiger partial charge in [0, 0.05) is 19.3 Å². The van der Waals surface area contributed by atoms with Crippen molar-refractivity contribution in [3.63, 3.8) is 0 Å². The Balaban J connectivity index is 4.26. The number of ether oxygens (including phenoxy) is 3. The Bertz CT molecular complexity index is 1010. The fraction of sp³-hybridized carbons (Fsp3) is 0.729. The van der Waals surface area contributed by atoms with Gasteiger partial charge in [0.15, 0.2) is 6.10 Å². The van der Waals surface area contributed by atoms with Crippen LogP contribution in [-0.4, -0.2) is 37.2 Å². The summed E-state index contributed by atoms with van der Waals surface area (Å²) >= 11 is 0. The number of hydrogen-bond acceptors (Lipinski definition) is 6. The third-order valence-corrected chi connectivity index (χ3v) is 9.26. The lowest BCUT2D eigenvalue weighted by atomic mass is 10.1. The summed E-state index contributed by atoms with van der Waals surface area (Å²) in [7, 11) is 0. The molecule has 0 amide bonds. The van der Waals surface area contributed by atoms with Gasteiger partial charge in [-0.15, -0.1) is 0 Å². The highest BCUT2D eigenvalue weighted by molar-refractivity contribution is 5.71. The minimum Gasteiger partial charge on any atom is -0.462 e. The molecule has 6 nitrogen and oxygen atoms in total. The van der Waals surface area contributed by atoms with Crippen molar-refractivity contribution in [3.8, 4) is 0 Å². The SMILES string of the molecule is CC/C=C\C/C=C\C/C=C\CCCCCCCCCC(=O)OCC(COC(=O)CCCCCCC)OC(=O)CCCCCCC/C=C\C/C=C\CCCC. The van der Waals surface area contributed by atoms with Crippen LogP contribution in [-0.2, 0) is 28.6 Å². The van der Waals surface area contributed by atoms with Gasteiger partial charge in [-0.25, -0.2) is 0 Å². The standard InChI is InChI=1S/C48H82O6/c1-4-7-10-13-15-17-19-21-23-24-25-27-28-30-32-35-38-41-47(50)53-44-45(43-52-46(49)40-37-34-12-9-6-3)54-48(51)42-39-36-33-31-29-26-22-20-18-16-14-11-8-5-2/h7,10,14-17,20-23,45H,4-6,8-9,11-13,18-19,24-44H2,1-3H3/b10-7-,16-14-,17-15-,22-20-,23-21-. The van der Waals surface area contributed by atoms with E-state index in [0.717, 1.165) is 116 Å². The highest BCUT2D eigenvalue weighted by atomic mass is 16.6. The van der Waals surface area contributed by atoms with Crippen LogP contribution in [0, 0.1) is 0 Å². The quantitative estimate of drug-likeness (QED) is 0.0269. The van der Waals surface area contributed by atoms with E-state index in [0.29, 0.717) is 19.3 Å². The van der Waals surface area contributed by atoms with Gasteiger partial charge in [0.05, 0.1) is 0 Å². The van der Waals surface area contributed by atoms with E-state index < -0.39 is 6.10 Å². The monoisotopic (exact) mass is 755 g/mol. The molecule has 0 fully saturated rings. The predicted octanol–water partition coefficient (Wildman–Crippen LogP) is 14.1. The normalized spacial score (nSPS) is 12.6. The van der Waals surface area contributed by atoms with Crippen LogP contribution in [0.4, 0.5) is 0 Å². The zero-order chi connectivity index (χ0) is 39.4. The first-order chi connectivity index (χ1) is 26.5. The van der Waals surface area contributed by atoms with E-state index in [1.54, 1.807) is 0 Å². The molecule has 0 heterocycles. The molecule has 0 aliphatic carbocycles. The molecule has 0 saturated carbocycles.